The maximum absolute atomic E-state index is 12.6. The monoisotopic (exact) mass is 563 g/mol. The van der Waals surface area contributed by atoms with Crippen molar-refractivity contribution in [2.45, 2.75) is 72.2 Å². The lowest BCUT2D eigenvalue weighted by molar-refractivity contribution is 0.000556. The van der Waals surface area contributed by atoms with E-state index in [2.05, 4.69) is 33.9 Å². The molecule has 11 heteroatoms. The summed E-state index contributed by atoms with van der Waals surface area (Å²) in [4.78, 5) is 25.6. The number of aromatic nitrogens is 3. The van der Waals surface area contributed by atoms with E-state index >= 15 is 0 Å². The molecule has 0 bridgehead atoms. The highest BCUT2D eigenvalue weighted by atomic mass is 16.6. The number of unbranched alkanes of at least 4 members (excludes halogenated alkanes) is 1. The van der Waals surface area contributed by atoms with E-state index in [4.69, 9.17) is 19.9 Å². The van der Waals surface area contributed by atoms with Crippen LogP contribution in [0, 0.1) is 11.3 Å². The van der Waals surface area contributed by atoms with Crippen molar-refractivity contribution in [3.63, 3.8) is 0 Å². The van der Waals surface area contributed by atoms with Gasteiger partial charge in [0.1, 0.15) is 28.9 Å². The number of amides is 1. The molecule has 0 saturated carbocycles. The zero-order chi connectivity index (χ0) is 29.7. The fourth-order valence-corrected chi connectivity index (χ4v) is 4.97. The summed E-state index contributed by atoms with van der Waals surface area (Å²) in [6.07, 6.45) is 1.61. The lowest BCUT2D eigenvalue weighted by atomic mass is 10.1. The van der Waals surface area contributed by atoms with Crippen molar-refractivity contribution < 1.29 is 19.0 Å². The van der Waals surface area contributed by atoms with Crippen LogP contribution in [-0.4, -0.2) is 75.4 Å². The molecule has 1 amide bonds. The molecule has 220 valence electrons. The largest absolute Gasteiger partial charge is 0.496 e. The van der Waals surface area contributed by atoms with E-state index in [0.29, 0.717) is 36.4 Å². The van der Waals surface area contributed by atoms with E-state index in [-0.39, 0.29) is 24.0 Å². The van der Waals surface area contributed by atoms with Crippen LogP contribution in [0.4, 0.5) is 10.6 Å². The second kappa shape index (κ2) is 12.6. The molecule has 0 unspecified atom stereocenters. The Labute approximate surface area is 241 Å². The summed E-state index contributed by atoms with van der Waals surface area (Å²) in [5.41, 5.74) is 8.66. The molecule has 0 aliphatic carbocycles. The molecule has 4 rings (SSSR count). The predicted molar refractivity (Wildman–Crippen MR) is 157 cm³/mol. The number of methoxy groups -OCH3 is 1. The number of benzene rings is 1. The van der Waals surface area contributed by atoms with Crippen molar-refractivity contribution in [2.24, 2.45) is 0 Å². The van der Waals surface area contributed by atoms with Gasteiger partial charge in [0.25, 0.3) is 0 Å². The van der Waals surface area contributed by atoms with Gasteiger partial charge in [-0.2, -0.15) is 15.2 Å². The van der Waals surface area contributed by atoms with Crippen LogP contribution in [-0.2, 0) is 17.8 Å². The number of carbonyl (C=O) groups excluding carboxylic acids is 1. The zero-order valence-corrected chi connectivity index (χ0v) is 24.9. The number of nitrogen functional groups attached to an aromatic ring is 1. The summed E-state index contributed by atoms with van der Waals surface area (Å²) in [6, 6.07) is 10.3. The maximum Gasteiger partial charge on any atom is 0.410 e. The molecule has 1 aliphatic rings. The fraction of sp³-hybridized carbons (Fsp3) is 0.533. The standard InChI is InChI=1S/C30H41N7O4/c1-7-8-13-40-28-33-26(32)24-15-23(16-31)37(27(24)34-28)19-22-10-9-21(14-25(22)39-6)18-35-11-12-36(20(2)17-35)29(38)41-30(3,4)5/h9-10,14-15,20H,7-8,11-13,17-19H2,1-6H3,(H2,32,33,34)/t20-/m0/s1. The Balaban J connectivity index is 1.50. The smallest absolute Gasteiger partial charge is 0.410 e. The Morgan fingerprint density at radius 1 is 1.20 bits per heavy atom. The second-order valence-electron chi connectivity index (χ2n) is 11.5. The van der Waals surface area contributed by atoms with Gasteiger partial charge in [0.15, 0.2) is 5.65 Å². The van der Waals surface area contributed by atoms with Crippen LogP contribution in [0.15, 0.2) is 24.3 Å². The first-order valence-electron chi connectivity index (χ1n) is 14.1. The first kappa shape index (κ1) is 29.9. The van der Waals surface area contributed by atoms with Gasteiger partial charge in [0.05, 0.1) is 25.6 Å². The third kappa shape index (κ3) is 7.19. The van der Waals surface area contributed by atoms with E-state index in [1.54, 1.807) is 18.1 Å². The van der Waals surface area contributed by atoms with Crippen LogP contribution < -0.4 is 15.2 Å². The van der Waals surface area contributed by atoms with Crippen molar-refractivity contribution in [3.8, 4) is 17.8 Å². The predicted octanol–water partition coefficient (Wildman–Crippen LogP) is 4.56. The van der Waals surface area contributed by atoms with Crippen LogP contribution in [0.1, 0.15) is 64.3 Å². The van der Waals surface area contributed by atoms with Gasteiger partial charge in [-0.25, -0.2) is 4.79 Å². The molecule has 3 aromatic rings. The molecule has 41 heavy (non-hydrogen) atoms. The molecule has 1 saturated heterocycles. The first-order chi connectivity index (χ1) is 19.5. The van der Waals surface area contributed by atoms with Gasteiger partial charge in [-0.05, 0) is 51.8 Å². The van der Waals surface area contributed by atoms with Gasteiger partial charge in [0, 0.05) is 37.8 Å². The summed E-state index contributed by atoms with van der Waals surface area (Å²) in [5, 5.41) is 10.5. The van der Waals surface area contributed by atoms with Gasteiger partial charge < -0.3 is 29.4 Å². The Hall–Kier alpha value is -4.04. The summed E-state index contributed by atoms with van der Waals surface area (Å²) in [5.74, 6) is 0.996. The number of hydrogen-bond acceptors (Lipinski definition) is 9. The highest BCUT2D eigenvalue weighted by Gasteiger charge is 2.31. The van der Waals surface area contributed by atoms with Gasteiger partial charge in [-0.1, -0.05) is 25.5 Å². The molecule has 1 aromatic carbocycles. The van der Waals surface area contributed by atoms with Crippen molar-refractivity contribution in [1.82, 2.24) is 24.3 Å². The fourth-order valence-electron chi connectivity index (χ4n) is 4.97. The number of fused-ring (bicyclic) bond motifs is 1. The summed E-state index contributed by atoms with van der Waals surface area (Å²) in [6.45, 7) is 13.5. The van der Waals surface area contributed by atoms with E-state index in [0.717, 1.165) is 49.4 Å². The number of nitrogens with two attached hydrogens (primary N) is 1. The maximum atomic E-state index is 12.6. The van der Waals surface area contributed by atoms with Crippen molar-refractivity contribution in [3.05, 3.63) is 41.1 Å². The third-order valence-electron chi connectivity index (χ3n) is 7.03. The molecule has 0 spiro atoms. The van der Waals surface area contributed by atoms with Crippen LogP contribution in [0.3, 0.4) is 0 Å². The quantitative estimate of drug-likeness (QED) is 0.372. The van der Waals surface area contributed by atoms with E-state index in [1.165, 1.54) is 0 Å². The average molecular weight is 564 g/mol. The van der Waals surface area contributed by atoms with Crippen molar-refractivity contribution >= 4 is 22.9 Å². The number of piperazine rings is 1. The molecule has 11 nitrogen and oxygen atoms in total. The minimum Gasteiger partial charge on any atom is -0.496 e. The van der Waals surface area contributed by atoms with Gasteiger partial charge in [-0.15, -0.1) is 0 Å². The van der Waals surface area contributed by atoms with E-state index < -0.39 is 5.60 Å². The Morgan fingerprint density at radius 3 is 2.63 bits per heavy atom. The molecular formula is C30H41N7O4. The number of anilines is 1. The van der Waals surface area contributed by atoms with Crippen LogP contribution >= 0.6 is 0 Å². The normalized spacial score (nSPS) is 16.0. The summed E-state index contributed by atoms with van der Waals surface area (Å²) in [7, 11) is 1.64. The van der Waals surface area contributed by atoms with Crippen molar-refractivity contribution in [1.29, 1.82) is 5.26 Å². The topological polar surface area (TPSA) is 132 Å². The molecule has 1 fully saturated rings. The number of hydrogen-bond donors (Lipinski definition) is 1. The molecule has 0 radical (unpaired) electrons. The second-order valence-corrected chi connectivity index (χ2v) is 11.5. The number of carbonyl (C=O) groups is 1. The number of ether oxygens (including phenoxy) is 3. The summed E-state index contributed by atoms with van der Waals surface area (Å²) < 4.78 is 18.9. The van der Waals surface area contributed by atoms with Gasteiger partial charge >= 0.3 is 12.1 Å². The van der Waals surface area contributed by atoms with Gasteiger partial charge in [-0.3, -0.25) is 4.90 Å². The minimum absolute atomic E-state index is 0.0384. The number of nitriles is 1. The Morgan fingerprint density at radius 2 is 1.98 bits per heavy atom. The first-order valence-corrected chi connectivity index (χ1v) is 14.1. The SMILES string of the molecule is CCCCOc1nc(N)c2cc(C#N)n(Cc3ccc(CN4CCN(C(=O)OC(C)(C)C)[C@@H](C)C4)cc3OC)c2n1. The highest BCUT2D eigenvalue weighted by Crippen LogP contribution is 2.29. The van der Waals surface area contributed by atoms with E-state index in [1.807, 2.05) is 44.4 Å². The Kier molecular flexibility index (Phi) is 9.23. The lowest BCUT2D eigenvalue weighted by Crippen LogP contribution is -2.54. The lowest BCUT2D eigenvalue weighted by Gasteiger charge is -2.40. The third-order valence-corrected chi connectivity index (χ3v) is 7.03. The van der Waals surface area contributed by atoms with Gasteiger partial charge in [0.2, 0.25) is 0 Å². The number of nitrogens with zero attached hydrogens (tertiary/aromatic N) is 6. The average Bonchev–Trinajstić information content (AvgIpc) is 3.26. The van der Waals surface area contributed by atoms with E-state index in [9.17, 15) is 10.1 Å². The highest BCUT2D eigenvalue weighted by molar-refractivity contribution is 5.88. The molecule has 1 atom stereocenters. The summed E-state index contributed by atoms with van der Waals surface area (Å²) >= 11 is 0. The number of rotatable bonds is 9. The van der Waals surface area contributed by atoms with Crippen molar-refractivity contribution in [2.75, 3.05) is 39.1 Å². The Bertz CT molecular complexity index is 1420. The minimum atomic E-state index is -0.516. The molecule has 2 aromatic heterocycles. The zero-order valence-electron chi connectivity index (χ0n) is 24.9. The van der Waals surface area contributed by atoms with Crippen LogP contribution in [0.25, 0.3) is 11.0 Å². The molecule has 1 aliphatic heterocycles. The van der Waals surface area contributed by atoms with Crippen LogP contribution in [0.5, 0.6) is 11.8 Å². The van der Waals surface area contributed by atoms with Crippen LogP contribution in [0.2, 0.25) is 0 Å². The molecule has 3 heterocycles. The molecule has 2 N–H and O–H groups in total. The molecular weight excluding hydrogens is 522 g/mol.